The molecule has 0 aromatic heterocycles. The predicted octanol–water partition coefficient (Wildman–Crippen LogP) is 1.35. The van der Waals surface area contributed by atoms with Crippen LogP contribution < -0.4 is 0 Å². The fourth-order valence-corrected chi connectivity index (χ4v) is 1.71. The number of amides is 1. The van der Waals surface area contributed by atoms with Crippen molar-refractivity contribution < 1.29 is 9.90 Å². The monoisotopic (exact) mass is 187 g/mol. The Kier molecular flexibility index (Phi) is 2.19. The van der Waals surface area contributed by atoms with Crippen LogP contribution >= 0.6 is 0 Å². The lowest BCUT2D eigenvalue weighted by molar-refractivity contribution is 0.145. The SMILES string of the molecule is [B]Cc1ccc2c(c1)CN(C(=O)O)C2. The maximum absolute atomic E-state index is 10.7. The van der Waals surface area contributed by atoms with Crippen molar-refractivity contribution in [3.05, 3.63) is 34.9 Å². The van der Waals surface area contributed by atoms with Crippen LogP contribution in [0.3, 0.4) is 0 Å². The molecule has 0 saturated carbocycles. The van der Waals surface area contributed by atoms with Crippen LogP contribution in [0, 0.1) is 0 Å². The van der Waals surface area contributed by atoms with Crippen molar-refractivity contribution in [1.82, 2.24) is 4.90 Å². The van der Waals surface area contributed by atoms with Crippen molar-refractivity contribution in [3.8, 4) is 0 Å². The number of nitrogens with zero attached hydrogens (tertiary/aromatic N) is 1. The van der Waals surface area contributed by atoms with Crippen molar-refractivity contribution in [2.24, 2.45) is 0 Å². The van der Waals surface area contributed by atoms with Gasteiger partial charge in [-0.2, -0.15) is 0 Å². The third-order valence-electron chi connectivity index (χ3n) is 2.50. The standard InChI is InChI=1S/C10H10BNO2/c11-4-7-1-2-8-5-12(10(13)14)6-9(8)3-7/h1-3H,4-6H2,(H,13,14). The Morgan fingerprint density at radius 3 is 2.79 bits per heavy atom. The van der Waals surface area contributed by atoms with Gasteiger partial charge in [0.15, 0.2) is 0 Å². The highest BCUT2D eigenvalue weighted by Gasteiger charge is 2.22. The molecule has 4 heteroatoms. The first-order valence-electron chi connectivity index (χ1n) is 4.49. The summed E-state index contributed by atoms with van der Waals surface area (Å²) in [5, 5.41) is 8.81. The number of carbonyl (C=O) groups is 1. The van der Waals surface area contributed by atoms with Gasteiger partial charge in [-0.1, -0.05) is 30.1 Å². The van der Waals surface area contributed by atoms with Crippen LogP contribution in [-0.2, 0) is 19.4 Å². The molecule has 1 aliphatic rings. The molecule has 70 valence electrons. The number of hydrogen-bond donors (Lipinski definition) is 1. The highest BCUT2D eigenvalue weighted by atomic mass is 16.4. The Morgan fingerprint density at radius 2 is 2.14 bits per heavy atom. The minimum Gasteiger partial charge on any atom is -0.465 e. The van der Waals surface area contributed by atoms with Gasteiger partial charge < -0.3 is 5.11 Å². The first kappa shape index (κ1) is 9.12. The summed E-state index contributed by atoms with van der Waals surface area (Å²) < 4.78 is 0. The van der Waals surface area contributed by atoms with Gasteiger partial charge in [0.05, 0.1) is 7.85 Å². The zero-order chi connectivity index (χ0) is 10.1. The summed E-state index contributed by atoms with van der Waals surface area (Å²) in [7, 11) is 5.51. The summed E-state index contributed by atoms with van der Waals surface area (Å²) in [5.74, 6) is 0. The summed E-state index contributed by atoms with van der Waals surface area (Å²) in [4.78, 5) is 12.1. The van der Waals surface area contributed by atoms with Crippen LogP contribution in [0.4, 0.5) is 4.79 Å². The van der Waals surface area contributed by atoms with Crippen molar-refractivity contribution in [2.45, 2.75) is 19.4 Å². The second-order valence-electron chi connectivity index (χ2n) is 3.45. The van der Waals surface area contributed by atoms with Crippen molar-refractivity contribution in [2.75, 3.05) is 0 Å². The van der Waals surface area contributed by atoms with Crippen molar-refractivity contribution >= 4 is 13.9 Å². The van der Waals surface area contributed by atoms with E-state index in [4.69, 9.17) is 13.0 Å². The van der Waals surface area contributed by atoms with E-state index in [1.165, 1.54) is 4.90 Å². The first-order valence-corrected chi connectivity index (χ1v) is 4.49. The zero-order valence-corrected chi connectivity index (χ0v) is 7.73. The fourth-order valence-electron chi connectivity index (χ4n) is 1.71. The summed E-state index contributed by atoms with van der Waals surface area (Å²) in [6.45, 7) is 0.980. The van der Waals surface area contributed by atoms with E-state index in [0.29, 0.717) is 19.4 Å². The molecule has 1 aromatic carbocycles. The molecule has 0 aliphatic carbocycles. The fraction of sp³-hybridized carbons (Fsp3) is 0.300. The molecule has 0 atom stereocenters. The van der Waals surface area contributed by atoms with Gasteiger partial charge in [0, 0.05) is 13.1 Å². The van der Waals surface area contributed by atoms with Gasteiger partial charge in [0.2, 0.25) is 0 Å². The molecule has 14 heavy (non-hydrogen) atoms. The van der Waals surface area contributed by atoms with E-state index in [-0.39, 0.29) is 0 Å². The lowest BCUT2D eigenvalue weighted by Crippen LogP contribution is -2.22. The maximum atomic E-state index is 10.7. The minimum absolute atomic E-state index is 0.485. The molecular formula is C10H10BNO2. The van der Waals surface area contributed by atoms with E-state index in [1.54, 1.807) is 0 Å². The molecule has 2 rings (SSSR count). The van der Waals surface area contributed by atoms with Gasteiger partial charge in [0.1, 0.15) is 0 Å². The lowest BCUT2D eigenvalue weighted by atomic mass is 9.94. The number of hydrogen-bond acceptors (Lipinski definition) is 1. The Bertz CT molecular complexity index is 378. The highest BCUT2D eigenvalue weighted by molar-refractivity contribution is 6.08. The van der Waals surface area contributed by atoms with Crippen LogP contribution in [-0.4, -0.2) is 23.9 Å². The number of fused-ring (bicyclic) bond motifs is 1. The van der Waals surface area contributed by atoms with E-state index < -0.39 is 6.09 Å². The summed E-state index contributed by atoms with van der Waals surface area (Å²) in [5.41, 5.74) is 3.22. The summed E-state index contributed by atoms with van der Waals surface area (Å²) in [6.07, 6.45) is -0.365. The average molecular weight is 187 g/mol. The van der Waals surface area contributed by atoms with E-state index in [9.17, 15) is 4.79 Å². The van der Waals surface area contributed by atoms with Gasteiger partial charge in [-0.3, -0.25) is 4.90 Å². The van der Waals surface area contributed by atoms with Gasteiger partial charge in [-0.15, -0.1) is 0 Å². The molecular weight excluding hydrogens is 177 g/mol. The smallest absolute Gasteiger partial charge is 0.407 e. The van der Waals surface area contributed by atoms with E-state index >= 15 is 0 Å². The lowest BCUT2D eigenvalue weighted by Gasteiger charge is -2.08. The van der Waals surface area contributed by atoms with Gasteiger partial charge in [-0.05, 0) is 11.1 Å². The summed E-state index contributed by atoms with van der Waals surface area (Å²) in [6, 6.07) is 5.89. The molecule has 0 fully saturated rings. The van der Waals surface area contributed by atoms with Gasteiger partial charge in [0.25, 0.3) is 0 Å². The van der Waals surface area contributed by atoms with Crippen LogP contribution in [0.1, 0.15) is 16.7 Å². The number of benzene rings is 1. The van der Waals surface area contributed by atoms with Crippen LogP contribution in [0.15, 0.2) is 18.2 Å². The van der Waals surface area contributed by atoms with Crippen LogP contribution in [0.5, 0.6) is 0 Å². The Morgan fingerprint density at radius 1 is 1.43 bits per heavy atom. The minimum atomic E-state index is -0.865. The zero-order valence-electron chi connectivity index (χ0n) is 7.73. The third-order valence-corrected chi connectivity index (χ3v) is 2.50. The molecule has 0 spiro atoms. The molecule has 1 aromatic rings. The largest absolute Gasteiger partial charge is 0.465 e. The average Bonchev–Trinajstić information content (AvgIpc) is 2.59. The van der Waals surface area contributed by atoms with Crippen molar-refractivity contribution in [1.29, 1.82) is 0 Å². The molecule has 1 aliphatic heterocycles. The molecule has 1 N–H and O–H groups in total. The Balaban J connectivity index is 2.27. The van der Waals surface area contributed by atoms with E-state index in [0.717, 1.165) is 16.7 Å². The predicted molar refractivity (Wildman–Crippen MR) is 53.2 cm³/mol. The Hall–Kier alpha value is -1.45. The number of carboxylic acid groups (broad SMARTS) is 1. The number of rotatable bonds is 1. The third kappa shape index (κ3) is 1.48. The molecule has 3 nitrogen and oxygen atoms in total. The van der Waals surface area contributed by atoms with Gasteiger partial charge in [-0.25, -0.2) is 4.79 Å². The normalized spacial score (nSPS) is 14.1. The molecule has 0 saturated heterocycles. The topological polar surface area (TPSA) is 40.5 Å². The van der Waals surface area contributed by atoms with Gasteiger partial charge >= 0.3 is 6.09 Å². The van der Waals surface area contributed by atoms with Crippen LogP contribution in [0.25, 0.3) is 0 Å². The Labute approximate surface area is 83.8 Å². The molecule has 1 heterocycles. The van der Waals surface area contributed by atoms with Crippen molar-refractivity contribution in [3.63, 3.8) is 0 Å². The second kappa shape index (κ2) is 3.37. The molecule has 0 unspecified atom stereocenters. The van der Waals surface area contributed by atoms with Crippen LogP contribution in [0.2, 0.25) is 0 Å². The summed E-state index contributed by atoms with van der Waals surface area (Å²) >= 11 is 0. The molecule has 2 radical (unpaired) electrons. The molecule has 0 bridgehead atoms. The molecule has 1 amide bonds. The first-order chi connectivity index (χ1) is 6.70. The second-order valence-corrected chi connectivity index (χ2v) is 3.45. The van der Waals surface area contributed by atoms with E-state index in [2.05, 4.69) is 0 Å². The van der Waals surface area contributed by atoms with E-state index in [1.807, 2.05) is 18.2 Å². The quantitative estimate of drug-likeness (QED) is 0.674. The highest BCUT2D eigenvalue weighted by Crippen LogP contribution is 2.23. The maximum Gasteiger partial charge on any atom is 0.407 e.